The van der Waals surface area contributed by atoms with Gasteiger partial charge in [-0.05, 0) is 28.0 Å². The Morgan fingerprint density at radius 1 is 1.56 bits per heavy atom. The number of rotatable bonds is 4. The maximum atomic E-state index is 11.2. The number of hydrogen-bond donors (Lipinski definition) is 2. The zero-order chi connectivity index (χ0) is 12.1. The Morgan fingerprint density at radius 2 is 2.25 bits per heavy atom. The summed E-state index contributed by atoms with van der Waals surface area (Å²) in [5.41, 5.74) is 6.99. The number of nitrogens with two attached hydrogens (primary N) is 2. The predicted octanol–water partition coefficient (Wildman–Crippen LogP) is 2.41. The van der Waals surface area contributed by atoms with Gasteiger partial charge in [0.25, 0.3) is 0 Å². The Kier molecular flexibility index (Phi) is 5.10. The largest absolute Gasteiger partial charge is 0.392 e. The average molecular weight is 349 g/mol. The Hall–Kier alpha value is -0.730. The van der Waals surface area contributed by atoms with Crippen molar-refractivity contribution in [3.63, 3.8) is 0 Å². The van der Waals surface area contributed by atoms with E-state index in [1.54, 1.807) is 24.4 Å². The normalized spacial score (nSPS) is 11.3. The van der Waals surface area contributed by atoms with Gasteiger partial charge in [0.05, 0.1) is 16.9 Å². The molecule has 16 heavy (non-hydrogen) atoms. The van der Waals surface area contributed by atoms with Crippen LogP contribution in [0.4, 0.5) is 5.69 Å². The highest BCUT2D eigenvalue weighted by Crippen LogP contribution is 2.20. The molecule has 0 saturated carbocycles. The van der Waals surface area contributed by atoms with Gasteiger partial charge >= 0.3 is 0 Å². The van der Waals surface area contributed by atoms with Crippen molar-refractivity contribution < 1.29 is 4.79 Å². The predicted molar refractivity (Wildman–Crippen MR) is 77.0 cm³/mol. The minimum atomic E-state index is 0.00969. The standard InChI is InChI=1S/C10H12IN3OS/c1-7(15)8-3-2-4-9(5-8)14(13)6-10(12)16-11/h2-6H,12-13H2,1H3/b10-6+. The van der Waals surface area contributed by atoms with Crippen LogP contribution in [0, 0.1) is 0 Å². The third-order valence-corrected chi connectivity index (χ3v) is 3.72. The SMILES string of the molecule is CC(=O)c1cccc(N(N)/C=C(\N)SI)c1. The van der Waals surface area contributed by atoms with Crippen LogP contribution in [0.15, 0.2) is 35.5 Å². The van der Waals surface area contributed by atoms with Gasteiger partial charge < -0.3 is 5.73 Å². The molecule has 0 saturated heterocycles. The second kappa shape index (κ2) is 6.12. The molecule has 0 bridgehead atoms. The zero-order valence-corrected chi connectivity index (χ0v) is 11.7. The lowest BCUT2D eigenvalue weighted by Gasteiger charge is -2.14. The maximum absolute atomic E-state index is 11.2. The summed E-state index contributed by atoms with van der Waals surface area (Å²) in [7, 11) is 1.38. The van der Waals surface area contributed by atoms with Crippen molar-refractivity contribution in [1.82, 2.24) is 0 Å². The van der Waals surface area contributed by atoms with Crippen molar-refractivity contribution in [2.45, 2.75) is 6.92 Å². The van der Waals surface area contributed by atoms with Crippen molar-refractivity contribution in [2.75, 3.05) is 5.01 Å². The van der Waals surface area contributed by atoms with E-state index in [9.17, 15) is 4.79 Å². The molecule has 0 fully saturated rings. The molecule has 0 spiro atoms. The van der Waals surface area contributed by atoms with Crippen LogP contribution in [0.2, 0.25) is 0 Å². The molecule has 0 unspecified atom stereocenters. The second-order valence-corrected chi connectivity index (χ2v) is 5.07. The smallest absolute Gasteiger partial charge is 0.159 e. The van der Waals surface area contributed by atoms with Crippen LogP contribution >= 0.6 is 30.1 Å². The first-order chi connectivity index (χ1) is 7.54. The van der Waals surface area contributed by atoms with Gasteiger partial charge in [0.15, 0.2) is 5.78 Å². The fourth-order valence-corrected chi connectivity index (χ4v) is 1.61. The van der Waals surface area contributed by atoms with Gasteiger partial charge in [0.2, 0.25) is 0 Å². The molecular weight excluding hydrogens is 337 g/mol. The van der Waals surface area contributed by atoms with E-state index < -0.39 is 0 Å². The lowest BCUT2D eigenvalue weighted by Crippen LogP contribution is -2.25. The summed E-state index contributed by atoms with van der Waals surface area (Å²) in [6.45, 7) is 1.52. The minimum Gasteiger partial charge on any atom is -0.392 e. The van der Waals surface area contributed by atoms with Crippen molar-refractivity contribution >= 4 is 41.6 Å². The Morgan fingerprint density at radius 3 is 2.81 bits per heavy atom. The van der Waals surface area contributed by atoms with E-state index in [-0.39, 0.29) is 5.78 Å². The molecule has 0 aliphatic heterocycles. The Bertz CT molecular complexity index is 422. The van der Waals surface area contributed by atoms with Gasteiger partial charge in [0, 0.05) is 26.8 Å². The molecule has 4 N–H and O–H groups in total. The fraction of sp³-hybridized carbons (Fsp3) is 0.100. The number of nitrogens with zero attached hydrogens (tertiary/aromatic N) is 1. The van der Waals surface area contributed by atoms with E-state index in [0.29, 0.717) is 10.6 Å². The topological polar surface area (TPSA) is 72.3 Å². The molecule has 0 radical (unpaired) electrons. The molecule has 1 aromatic carbocycles. The van der Waals surface area contributed by atoms with Crippen LogP contribution in [0.5, 0.6) is 0 Å². The van der Waals surface area contributed by atoms with Crippen LogP contribution in [0.25, 0.3) is 0 Å². The summed E-state index contributed by atoms with van der Waals surface area (Å²) in [6.07, 6.45) is 1.61. The summed E-state index contributed by atoms with van der Waals surface area (Å²) < 4.78 is 0. The molecular formula is C10H12IN3OS. The van der Waals surface area contributed by atoms with Gasteiger partial charge in [-0.3, -0.25) is 9.80 Å². The number of carbonyl (C=O) groups is 1. The van der Waals surface area contributed by atoms with Gasteiger partial charge in [0.1, 0.15) is 0 Å². The molecule has 0 aliphatic carbocycles. The second-order valence-electron chi connectivity index (χ2n) is 3.12. The molecule has 1 rings (SSSR count). The van der Waals surface area contributed by atoms with Gasteiger partial charge in [-0.25, -0.2) is 5.84 Å². The number of hydrogen-bond acceptors (Lipinski definition) is 5. The van der Waals surface area contributed by atoms with Crippen LogP contribution in [-0.2, 0) is 0 Å². The summed E-state index contributed by atoms with van der Waals surface area (Å²) in [5.74, 6) is 5.80. The van der Waals surface area contributed by atoms with E-state index in [2.05, 4.69) is 21.2 Å². The summed E-state index contributed by atoms with van der Waals surface area (Å²) in [6, 6.07) is 7.07. The third-order valence-electron chi connectivity index (χ3n) is 1.91. The molecule has 0 atom stereocenters. The molecule has 0 aromatic heterocycles. The molecule has 4 nitrogen and oxygen atoms in total. The van der Waals surface area contributed by atoms with E-state index >= 15 is 0 Å². The highest BCUT2D eigenvalue weighted by atomic mass is 127. The monoisotopic (exact) mass is 349 g/mol. The third kappa shape index (κ3) is 3.69. The molecule has 0 aliphatic rings. The quantitative estimate of drug-likeness (QED) is 0.378. The number of halogens is 1. The zero-order valence-electron chi connectivity index (χ0n) is 8.68. The summed E-state index contributed by atoms with van der Waals surface area (Å²) >= 11 is 2.07. The van der Waals surface area contributed by atoms with E-state index in [1.165, 1.54) is 20.9 Å². The fourth-order valence-electron chi connectivity index (χ4n) is 1.12. The number of ketones is 1. The number of hydrazine groups is 1. The van der Waals surface area contributed by atoms with Crippen molar-refractivity contribution in [3.8, 4) is 0 Å². The van der Waals surface area contributed by atoms with Crippen molar-refractivity contribution in [1.29, 1.82) is 0 Å². The van der Waals surface area contributed by atoms with Crippen LogP contribution < -0.4 is 16.6 Å². The maximum Gasteiger partial charge on any atom is 0.159 e. The number of Topliss-reactive ketones (excluding diaryl/α,β-unsaturated/α-hetero) is 1. The highest BCUT2D eigenvalue weighted by molar-refractivity contribution is 14.2. The number of benzene rings is 1. The number of anilines is 1. The van der Waals surface area contributed by atoms with Gasteiger partial charge in [-0.15, -0.1) is 0 Å². The molecule has 6 heteroatoms. The summed E-state index contributed by atoms with van der Waals surface area (Å²) in [5, 5.41) is 1.99. The first-order valence-electron chi connectivity index (χ1n) is 4.45. The minimum absolute atomic E-state index is 0.00969. The van der Waals surface area contributed by atoms with E-state index in [0.717, 1.165) is 5.69 Å². The summed E-state index contributed by atoms with van der Waals surface area (Å²) in [4.78, 5) is 11.2. The first kappa shape index (κ1) is 13.3. The van der Waals surface area contributed by atoms with Crippen molar-refractivity contribution in [3.05, 3.63) is 41.1 Å². The molecule has 0 amide bonds. The lowest BCUT2D eigenvalue weighted by atomic mass is 10.1. The molecule has 86 valence electrons. The van der Waals surface area contributed by atoms with Gasteiger partial charge in [-0.1, -0.05) is 12.1 Å². The highest BCUT2D eigenvalue weighted by Gasteiger charge is 2.03. The first-order valence-corrected chi connectivity index (χ1v) is 7.81. The van der Waals surface area contributed by atoms with E-state index in [4.69, 9.17) is 11.6 Å². The number of carbonyl (C=O) groups excluding carboxylic acids is 1. The van der Waals surface area contributed by atoms with Crippen LogP contribution in [-0.4, -0.2) is 5.78 Å². The van der Waals surface area contributed by atoms with Crippen LogP contribution in [0.1, 0.15) is 17.3 Å². The Labute approximate surface area is 111 Å². The Balaban J connectivity index is 2.96. The lowest BCUT2D eigenvalue weighted by molar-refractivity contribution is 0.101. The molecule has 1 aromatic rings. The van der Waals surface area contributed by atoms with Gasteiger partial charge in [-0.2, -0.15) is 0 Å². The molecule has 0 heterocycles. The van der Waals surface area contributed by atoms with Crippen molar-refractivity contribution in [2.24, 2.45) is 11.6 Å². The van der Waals surface area contributed by atoms with Crippen LogP contribution in [0.3, 0.4) is 0 Å². The van der Waals surface area contributed by atoms with E-state index in [1.807, 2.05) is 6.07 Å². The average Bonchev–Trinajstić information content (AvgIpc) is 2.28.